The van der Waals surface area contributed by atoms with Gasteiger partial charge in [-0.1, -0.05) is 48.2 Å². The van der Waals surface area contributed by atoms with Crippen molar-refractivity contribution < 1.29 is 14.5 Å². The Hall–Kier alpha value is -3.85. The molecular weight excluding hydrogens is 464 g/mol. The highest BCUT2D eigenvalue weighted by molar-refractivity contribution is 7.99. The molecule has 178 valence electrons. The van der Waals surface area contributed by atoms with E-state index in [4.69, 9.17) is 4.74 Å². The number of hydrogen-bond donors (Lipinski definition) is 1. The lowest BCUT2D eigenvalue weighted by atomic mass is 9.88. The van der Waals surface area contributed by atoms with Crippen LogP contribution in [0.1, 0.15) is 30.0 Å². The first-order chi connectivity index (χ1) is 17.0. The van der Waals surface area contributed by atoms with Crippen LogP contribution in [0, 0.1) is 10.1 Å². The molecule has 1 atom stereocenters. The monoisotopic (exact) mass is 488 g/mol. The van der Waals surface area contributed by atoms with Gasteiger partial charge in [0.1, 0.15) is 5.75 Å². The number of carbonyl (C=O) groups excluding carboxylic acids is 1. The molecule has 1 unspecified atom stereocenters. The van der Waals surface area contributed by atoms with Gasteiger partial charge in [0, 0.05) is 12.1 Å². The second-order valence-corrected chi connectivity index (χ2v) is 9.27. The van der Waals surface area contributed by atoms with Crippen LogP contribution >= 0.6 is 11.8 Å². The predicted octanol–water partition coefficient (Wildman–Crippen LogP) is 5.23. The Morgan fingerprint density at radius 2 is 2.00 bits per heavy atom. The van der Waals surface area contributed by atoms with Crippen molar-refractivity contribution in [1.29, 1.82) is 0 Å². The smallest absolute Gasteiger partial charge is 0.271 e. The van der Waals surface area contributed by atoms with Gasteiger partial charge in [-0.05, 0) is 48.6 Å². The van der Waals surface area contributed by atoms with E-state index in [1.54, 1.807) is 13.2 Å². The fraction of sp³-hybridized carbons (Fsp3) is 0.231. The van der Waals surface area contributed by atoms with Crippen molar-refractivity contribution in [3.63, 3.8) is 0 Å². The number of benzene rings is 3. The van der Waals surface area contributed by atoms with Crippen LogP contribution in [0.4, 0.5) is 5.69 Å². The number of nitro benzene ring substituents is 1. The van der Waals surface area contributed by atoms with Gasteiger partial charge in [0.15, 0.2) is 5.16 Å². The number of nitrogens with zero attached hydrogens (tertiary/aromatic N) is 3. The number of nitro groups is 1. The highest BCUT2D eigenvalue weighted by Gasteiger charge is 2.23. The number of fused-ring (bicyclic) bond motifs is 2. The molecular formula is C26H24N4O4S. The molecule has 8 nitrogen and oxygen atoms in total. The number of para-hydroxylation sites is 2. The van der Waals surface area contributed by atoms with Gasteiger partial charge in [0.25, 0.3) is 5.69 Å². The van der Waals surface area contributed by atoms with Crippen molar-refractivity contribution >= 4 is 34.4 Å². The van der Waals surface area contributed by atoms with E-state index in [2.05, 4.69) is 22.4 Å². The Morgan fingerprint density at radius 1 is 1.20 bits per heavy atom. The number of thioether (sulfide) groups is 1. The van der Waals surface area contributed by atoms with Crippen molar-refractivity contribution in [1.82, 2.24) is 14.9 Å². The number of aromatic nitrogens is 2. The summed E-state index contributed by atoms with van der Waals surface area (Å²) in [6.07, 6.45) is 2.99. The van der Waals surface area contributed by atoms with E-state index in [1.807, 2.05) is 41.0 Å². The van der Waals surface area contributed by atoms with E-state index in [9.17, 15) is 14.9 Å². The third-order valence-electron chi connectivity index (χ3n) is 6.18. The zero-order valence-corrected chi connectivity index (χ0v) is 20.0. The van der Waals surface area contributed by atoms with Crippen LogP contribution in [-0.4, -0.2) is 33.2 Å². The van der Waals surface area contributed by atoms with Crippen molar-refractivity contribution in [3.05, 3.63) is 88.0 Å². The molecule has 1 aliphatic carbocycles. The SMILES string of the molecule is COc1ccccc1-n1c(SCC(=O)NC2CCCc3ccccc32)nc2cc([N+](=O)[O-])ccc21. The first kappa shape index (κ1) is 22.9. The maximum Gasteiger partial charge on any atom is 0.271 e. The normalized spacial score (nSPS) is 14.9. The number of non-ortho nitro benzene ring substituents is 1. The van der Waals surface area contributed by atoms with Crippen molar-refractivity contribution in [2.45, 2.75) is 30.5 Å². The van der Waals surface area contributed by atoms with Crippen LogP contribution in [0.2, 0.25) is 0 Å². The molecule has 0 radical (unpaired) electrons. The summed E-state index contributed by atoms with van der Waals surface area (Å²) < 4.78 is 7.43. The Morgan fingerprint density at radius 3 is 2.83 bits per heavy atom. The molecule has 0 spiro atoms. The minimum absolute atomic E-state index is 0.00346. The molecule has 1 aromatic heterocycles. The van der Waals surface area contributed by atoms with Crippen molar-refractivity contribution in [2.24, 2.45) is 0 Å². The van der Waals surface area contributed by atoms with Gasteiger partial charge >= 0.3 is 0 Å². The largest absolute Gasteiger partial charge is 0.495 e. The molecule has 4 aromatic rings. The highest BCUT2D eigenvalue weighted by Crippen LogP contribution is 2.34. The lowest BCUT2D eigenvalue weighted by Gasteiger charge is -2.26. The summed E-state index contributed by atoms with van der Waals surface area (Å²) in [5, 5.41) is 15.0. The summed E-state index contributed by atoms with van der Waals surface area (Å²) in [5.41, 5.74) is 4.36. The molecule has 0 bridgehead atoms. The van der Waals surface area contributed by atoms with Crippen molar-refractivity contribution in [3.8, 4) is 11.4 Å². The molecule has 1 aliphatic rings. The molecule has 9 heteroatoms. The van der Waals surface area contributed by atoms with Gasteiger partial charge in [-0.2, -0.15) is 0 Å². The average molecular weight is 489 g/mol. The first-order valence-electron chi connectivity index (χ1n) is 11.4. The zero-order valence-electron chi connectivity index (χ0n) is 19.1. The van der Waals surface area contributed by atoms with Crippen LogP contribution in [0.5, 0.6) is 5.75 Å². The minimum atomic E-state index is -0.441. The fourth-order valence-electron chi connectivity index (χ4n) is 4.57. The number of carbonyl (C=O) groups is 1. The molecule has 3 aromatic carbocycles. The van der Waals surface area contributed by atoms with Gasteiger partial charge in [0.05, 0.1) is 40.5 Å². The van der Waals surface area contributed by atoms with Gasteiger partial charge < -0.3 is 10.1 Å². The summed E-state index contributed by atoms with van der Waals surface area (Å²) in [6.45, 7) is 0. The third-order valence-corrected chi connectivity index (χ3v) is 7.12. The maximum absolute atomic E-state index is 12.9. The Labute approximate surface area is 206 Å². The van der Waals surface area contributed by atoms with Gasteiger partial charge in [0.2, 0.25) is 5.91 Å². The molecule has 0 aliphatic heterocycles. The molecule has 1 amide bonds. The number of nitrogens with one attached hydrogen (secondary N) is 1. The lowest BCUT2D eigenvalue weighted by molar-refractivity contribution is -0.384. The van der Waals surface area contributed by atoms with Gasteiger partial charge in [-0.15, -0.1) is 0 Å². The number of hydrogen-bond acceptors (Lipinski definition) is 6. The van der Waals surface area contributed by atoms with Gasteiger partial charge in [-0.25, -0.2) is 4.98 Å². The Bertz CT molecular complexity index is 1420. The molecule has 1 N–H and O–H groups in total. The number of imidazole rings is 1. The maximum atomic E-state index is 12.9. The minimum Gasteiger partial charge on any atom is -0.495 e. The second kappa shape index (κ2) is 9.79. The molecule has 0 fully saturated rings. The Kier molecular flexibility index (Phi) is 6.41. The van der Waals surface area contributed by atoms with Crippen LogP contribution < -0.4 is 10.1 Å². The van der Waals surface area contributed by atoms with Crippen molar-refractivity contribution in [2.75, 3.05) is 12.9 Å². The standard InChI is InChI=1S/C26H24N4O4S/c1-34-24-12-5-4-11-23(24)29-22-14-13-18(30(32)33)15-21(22)28-26(29)35-16-25(31)27-20-10-6-8-17-7-2-3-9-19(17)20/h2-5,7,9,11-15,20H,6,8,10,16H2,1H3,(H,27,31). The number of ether oxygens (including phenoxy) is 1. The Balaban J connectivity index is 1.44. The molecule has 0 saturated carbocycles. The number of amides is 1. The molecule has 35 heavy (non-hydrogen) atoms. The van der Waals surface area contributed by atoms with E-state index < -0.39 is 4.92 Å². The number of rotatable bonds is 7. The van der Waals surface area contributed by atoms with E-state index >= 15 is 0 Å². The summed E-state index contributed by atoms with van der Waals surface area (Å²) in [5.74, 6) is 0.718. The summed E-state index contributed by atoms with van der Waals surface area (Å²) in [6, 6.07) is 20.3. The molecule has 5 rings (SSSR count). The van der Waals surface area contributed by atoms with E-state index in [1.165, 1.54) is 35.0 Å². The van der Waals surface area contributed by atoms with Crippen LogP contribution in [-0.2, 0) is 11.2 Å². The van der Waals surface area contributed by atoms with Crippen LogP contribution in [0.25, 0.3) is 16.7 Å². The number of methoxy groups -OCH3 is 1. The van der Waals surface area contributed by atoms with Gasteiger partial charge in [-0.3, -0.25) is 19.5 Å². The predicted molar refractivity (Wildman–Crippen MR) is 135 cm³/mol. The van der Waals surface area contributed by atoms with Crippen LogP contribution in [0.15, 0.2) is 71.9 Å². The zero-order chi connectivity index (χ0) is 24.4. The number of aryl methyl sites for hydroxylation is 1. The van der Waals surface area contributed by atoms with Crippen LogP contribution in [0.3, 0.4) is 0 Å². The van der Waals surface area contributed by atoms with E-state index in [-0.39, 0.29) is 23.4 Å². The second-order valence-electron chi connectivity index (χ2n) is 8.33. The summed E-state index contributed by atoms with van der Waals surface area (Å²) >= 11 is 1.29. The first-order valence-corrected chi connectivity index (χ1v) is 12.3. The summed E-state index contributed by atoms with van der Waals surface area (Å²) in [4.78, 5) is 28.4. The highest BCUT2D eigenvalue weighted by atomic mass is 32.2. The topological polar surface area (TPSA) is 99.3 Å². The molecule has 0 saturated heterocycles. The fourth-order valence-corrected chi connectivity index (χ4v) is 5.41. The summed E-state index contributed by atoms with van der Waals surface area (Å²) in [7, 11) is 1.59. The average Bonchev–Trinajstić information content (AvgIpc) is 3.25. The molecule has 1 heterocycles. The lowest BCUT2D eigenvalue weighted by Crippen LogP contribution is -2.32. The van der Waals surface area contributed by atoms with E-state index in [0.29, 0.717) is 21.9 Å². The quantitative estimate of drug-likeness (QED) is 0.217. The van der Waals surface area contributed by atoms with E-state index in [0.717, 1.165) is 24.9 Å². The third kappa shape index (κ3) is 4.59.